The zero-order valence-corrected chi connectivity index (χ0v) is 75.7. The van der Waals surface area contributed by atoms with Gasteiger partial charge in [0.1, 0.15) is 29.2 Å². The second-order valence-electron chi connectivity index (χ2n) is 41.3. The Hall–Kier alpha value is -5.79. The van der Waals surface area contributed by atoms with Gasteiger partial charge in [0.2, 0.25) is 5.88 Å². The number of carbonyl (C=O) groups excluding carboxylic acids is 3. The highest BCUT2D eigenvalue weighted by Crippen LogP contribution is 2.69. The van der Waals surface area contributed by atoms with Gasteiger partial charge in [-0.25, -0.2) is 19.9 Å². The Labute approximate surface area is 712 Å². The highest BCUT2D eigenvalue weighted by molar-refractivity contribution is 7.88. The molecule has 3 aromatic heterocycles. The zero-order valence-electron chi connectivity index (χ0n) is 74.9. The summed E-state index contributed by atoms with van der Waals surface area (Å²) in [4.78, 5) is 75.6. The predicted octanol–water partition coefficient (Wildman–Crippen LogP) is 15.9. The number of esters is 1. The molecule has 1 unspecified atom stereocenters. The van der Waals surface area contributed by atoms with E-state index in [9.17, 15) is 40.8 Å². The molecule has 5 spiro atoms. The Kier molecular flexibility index (Phi) is 23.3. The number of H-pyrrole nitrogens is 1. The molecule has 5 aliphatic heterocycles. The predicted molar refractivity (Wildman–Crippen MR) is 442 cm³/mol. The van der Waals surface area contributed by atoms with E-state index in [1.54, 1.807) is 0 Å². The molecule has 4 aromatic rings. The maximum atomic E-state index is 13.0. The van der Waals surface area contributed by atoms with Gasteiger partial charge in [0.05, 0.1) is 96.0 Å². The van der Waals surface area contributed by atoms with Crippen LogP contribution in [0.2, 0.25) is 0 Å². The van der Waals surface area contributed by atoms with Crippen LogP contribution in [0.5, 0.6) is 5.88 Å². The van der Waals surface area contributed by atoms with Crippen molar-refractivity contribution in [3.05, 3.63) is 91.9 Å². The SMILES string of the molecule is CC1(C)[C@@H]2CCCC(=O)[C@@]2(C)CCC12OCCO2.COC(=O)C1CC[C@H]2C(C)(C)C3(CC[C@]2(C)C1=O)OCCO3.Cc1nc(-c2ccccc2)c2c(n1)[C@@]1(C)CCC3(OCCO3)C(C)(C)[C@@H]1CC2.Cc1nc(OS(=O)(=O)C(F)(F)F)c2c(n1)[C@@]1(C)CCC3(OCCO3)C(C)(C)[C@@H]1CC2.Cc1nc2c(c(=O)[nH]1)CC[C@H]1C(C)(C)C3(CC[C@]21C)OCCO3. The molecule has 1 aromatic carbocycles. The van der Waals surface area contributed by atoms with Gasteiger partial charge in [-0.1, -0.05) is 134 Å². The minimum absolute atomic E-state index is 0.0227. The number of aromatic amines is 1. The number of methoxy groups -OCH3 is 1. The van der Waals surface area contributed by atoms with Crippen LogP contribution < -0.4 is 9.74 Å². The zero-order chi connectivity index (χ0) is 87.4. The molecule has 0 bridgehead atoms. The van der Waals surface area contributed by atoms with Crippen molar-refractivity contribution in [2.45, 2.75) is 310 Å². The molecule has 12 fully saturated rings. The van der Waals surface area contributed by atoms with E-state index in [0.717, 1.165) is 113 Å². The highest BCUT2D eigenvalue weighted by atomic mass is 32.2. The monoisotopic (exact) mass is 1710 g/mol. The van der Waals surface area contributed by atoms with Gasteiger partial charge in [-0.2, -0.15) is 26.6 Å². The van der Waals surface area contributed by atoms with Gasteiger partial charge in [-0.05, 0) is 147 Å². The van der Waals surface area contributed by atoms with Crippen molar-refractivity contribution in [1.29, 1.82) is 0 Å². The number of aryl methyl sites for hydroxylation is 3. The van der Waals surface area contributed by atoms with Crippen molar-refractivity contribution in [3.63, 3.8) is 0 Å². The summed E-state index contributed by atoms with van der Waals surface area (Å²) in [6.45, 7) is 44.9. The molecular weight excluding hydrogens is 1580 g/mol. The first-order chi connectivity index (χ1) is 56.6. The van der Waals surface area contributed by atoms with Crippen LogP contribution in [0.15, 0.2) is 35.1 Å². The first kappa shape index (κ1) is 90.0. The summed E-state index contributed by atoms with van der Waals surface area (Å²) in [5, 5.41) is 0. The maximum Gasteiger partial charge on any atom is 0.534 e. The minimum Gasteiger partial charge on any atom is -0.468 e. The van der Waals surface area contributed by atoms with Gasteiger partial charge in [0.15, 0.2) is 34.7 Å². The molecule has 24 nitrogen and oxygen atoms in total. The summed E-state index contributed by atoms with van der Waals surface area (Å²) in [5.41, 5.74) is 0.103. The molecule has 668 valence electrons. The van der Waals surface area contributed by atoms with Gasteiger partial charge in [0, 0.05) is 115 Å². The third kappa shape index (κ3) is 14.1. The van der Waals surface area contributed by atoms with Gasteiger partial charge in [-0.15, -0.1) is 0 Å². The molecule has 7 saturated carbocycles. The number of benzene rings is 1. The summed E-state index contributed by atoms with van der Waals surface area (Å²) in [6, 6.07) is 10.6. The molecule has 19 rings (SSSR count). The van der Waals surface area contributed by atoms with Crippen LogP contribution in [0, 0.1) is 94.2 Å². The van der Waals surface area contributed by atoms with Crippen molar-refractivity contribution in [2.75, 3.05) is 73.2 Å². The number of halogens is 3. The molecule has 10 aliphatic carbocycles. The van der Waals surface area contributed by atoms with Crippen molar-refractivity contribution in [1.82, 2.24) is 29.9 Å². The fraction of sp³-hybridized carbons (Fsp3) is 0.774. The van der Waals surface area contributed by atoms with Crippen LogP contribution in [0.3, 0.4) is 0 Å². The van der Waals surface area contributed by atoms with Gasteiger partial charge in [0.25, 0.3) is 5.56 Å². The highest BCUT2D eigenvalue weighted by Gasteiger charge is 2.71. The second kappa shape index (κ2) is 31.3. The van der Waals surface area contributed by atoms with Crippen LogP contribution in [0.25, 0.3) is 11.3 Å². The van der Waals surface area contributed by atoms with E-state index in [1.165, 1.54) is 30.9 Å². The topological polar surface area (TPSA) is 293 Å². The number of hydrogen-bond acceptors (Lipinski definition) is 23. The molecule has 28 heteroatoms. The smallest absolute Gasteiger partial charge is 0.468 e. The average molecular weight is 1710 g/mol. The van der Waals surface area contributed by atoms with Crippen LogP contribution in [0.4, 0.5) is 13.2 Å². The normalized spacial score (nSPS) is 34.3. The van der Waals surface area contributed by atoms with Gasteiger partial charge >= 0.3 is 21.6 Å². The van der Waals surface area contributed by atoms with Crippen LogP contribution >= 0.6 is 0 Å². The number of carbonyl (C=O) groups is 3. The lowest BCUT2D eigenvalue weighted by atomic mass is 9.48. The number of nitrogens with one attached hydrogen (secondary N) is 1. The largest absolute Gasteiger partial charge is 0.534 e. The standard InChI is InChI=1S/C24H30N2O2.C19H25F3N2O5S.C18H26N2O3.C17H26O5.C15H24O3/c1-16-25-20(17-8-6-5-7-9-17)18-10-11-19-22(2,3)24(27-14-15-28-24)13-12-23(19,4)21(18)26-16;1-11-23-14-12(15(24-11)29-30(25,26)19(20,21)22)5-6-13-16(2,3)18(27-9-10-28-18)8-7-17(13,14)4;1-11-19-14-12(15(21)20-11)5-6-13-16(2,3)18(22-9-10-23-18)8-7-17(13,14)4;1-15(2)12-6-5-11(14(19)20-4)13(18)16(12,3)7-8-17(15)21-9-10-22-17;1-13(2)11-5-4-6-12(16)14(11,3)7-8-15(13)17-9-10-18-15/h5-9,19H,10-15H2,1-4H3;13H,5-10H2,1-4H3;13H,5-10H2,1-4H3,(H,19,20,21);11-12H,5-10H2,1-4H3;11H,4-10H2,1-3H3/t19-,23-;2*13-,17-;11?,12-,16-;11-,14-/m00000/s1. The summed E-state index contributed by atoms with van der Waals surface area (Å²) >= 11 is 0. The van der Waals surface area contributed by atoms with Crippen LogP contribution in [-0.2, 0) is 112 Å². The van der Waals surface area contributed by atoms with Crippen molar-refractivity contribution in [2.24, 2.45) is 73.4 Å². The molecule has 121 heavy (non-hydrogen) atoms. The van der Waals surface area contributed by atoms with Crippen molar-refractivity contribution < 1.29 is 92.3 Å². The molecule has 0 radical (unpaired) electrons. The van der Waals surface area contributed by atoms with E-state index in [1.807, 2.05) is 27.7 Å². The van der Waals surface area contributed by atoms with Crippen LogP contribution in [0.1, 0.15) is 271 Å². The third-order valence-electron chi connectivity index (χ3n) is 33.9. The Morgan fingerprint density at radius 1 is 0.430 bits per heavy atom. The number of ketones is 2. The van der Waals surface area contributed by atoms with Gasteiger partial charge < -0.3 is 61.3 Å². The lowest BCUT2D eigenvalue weighted by Crippen LogP contribution is -2.63. The summed E-state index contributed by atoms with van der Waals surface area (Å²) in [5.74, 6) is -0.439. The van der Waals surface area contributed by atoms with Gasteiger partial charge in [-0.3, -0.25) is 19.2 Å². The molecule has 11 atom stereocenters. The number of aromatic nitrogens is 6. The Morgan fingerprint density at radius 3 is 1.20 bits per heavy atom. The van der Waals surface area contributed by atoms with Crippen molar-refractivity contribution in [3.8, 4) is 17.1 Å². The van der Waals surface area contributed by atoms with Crippen LogP contribution in [-0.4, -0.2) is 163 Å². The first-order valence-electron chi connectivity index (χ1n) is 44.6. The molecule has 0 amide bonds. The van der Waals surface area contributed by atoms with E-state index < -0.39 is 73.2 Å². The average Bonchev–Trinajstić information content (AvgIpc) is 1.63. The number of rotatable bonds is 4. The molecule has 5 saturated heterocycles. The van der Waals surface area contributed by atoms with Crippen molar-refractivity contribution >= 4 is 27.7 Å². The first-order valence-corrected chi connectivity index (χ1v) is 46.0. The molecule has 8 heterocycles. The number of hydrogen-bond donors (Lipinski definition) is 1. The summed E-state index contributed by atoms with van der Waals surface area (Å²) in [6.07, 6.45) is 17.3. The molecule has 1 N–H and O–H groups in total. The molecule has 15 aliphatic rings. The van der Waals surface area contributed by atoms with E-state index >= 15 is 0 Å². The lowest BCUT2D eigenvalue weighted by molar-refractivity contribution is -0.283. The summed E-state index contributed by atoms with van der Waals surface area (Å²) < 4.78 is 132. The number of fused-ring (bicyclic) bond motifs is 11. The molecular formula is C93H131F3N6O18S. The van der Waals surface area contributed by atoms with E-state index in [0.29, 0.717) is 152 Å². The number of nitrogens with zero attached hydrogens (tertiary/aromatic N) is 5. The fourth-order valence-corrected chi connectivity index (χ4v) is 27.9. The quantitative estimate of drug-likeness (QED) is 0.0859. The third-order valence-corrected chi connectivity index (χ3v) is 34.9. The fourth-order valence-electron chi connectivity index (χ4n) is 27.4. The Balaban J connectivity index is 0.000000119. The second-order valence-corrected chi connectivity index (χ2v) is 42.9. The minimum atomic E-state index is -5.82. The number of alkyl halides is 3. The number of ether oxygens (including phenoxy) is 11. The lowest BCUT2D eigenvalue weighted by Gasteiger charge is -2.59. The number of Topliss-reactive ketones (excluding diaryl/α,β-unsaturated/α-hetero) is 2. The Morgan fingerprint density at radius 2 is 0.785 bits per heavy atom. The van der Waals surface area contributed by atoms with E-state index in [2.05, 4.69) is 139 Å². The Bertz CT molecular complexity index is 4790. The summed E-state index contributed by atoms with van der Waals surface area (Å²) in [7, 11) is -4.47. The van der Waals surface area contributed by atoms with E-state index in [4.69, 9.17) is 67.1 Å². The van der Waals surface area contributed by atoms with E-state index in [-0.39, 0.29) is 72.3 Å². The maximum absolute atomic E-state index is 13.0.